The minimum Gasteiger partial charge on any atom is -0.467 e. The quantitative estimate of drug-likeness (QED) is 0.667. The molecule has 0 saturated carbocycles. The Bertz CT molecular complexity index is 545. The summed E-state index contributed by atoms with van der Waals surface area (Å²) in [6.45, 7) is 1.25. The maximum absolute atomic E-state index is 12.1. The summed E-state index contributed by atoms with van der Waals surface area (Å²) in [4.78, 5) is 34.6. The number of halogens is 2. The van der Waals surface area contributed by atoms with Crippen molar-refractivity contribution < 1.29 is 19.1 Å². The maximum Gasteiger partial charge on any atom is 0.328 e. The molecule has 7 heteroatoms. The number of nitrogens with one attached hydrogen (secondary N) is 1. The minimum atomic E-state index is -1.03. The zero-order valence-electron chi connectivity index (χ0n) is 10.9. The Labute approximate surface area is 126 Å². The van der Waals surface area contributed by atoms with Gasteiger partial charge in [0.05, 0.1) is 17.2 Å². The lowest BCUT2D eigenvalue weighted by Crippen LogP contribution is -2.41. The van der Waals surface area contributed by atoms with Crippen LogP contribution in [0.1, 0.15) is 23.7 Å². The molecule has 0 radical (unpaired) electrons. The molecule has 1 atom stereocenters. The van der Waals surface area contributed by atoms with Gasteiger partial charge in [0.25, 0.3) is 0 Å². The van der Waals surface area contributed by atoms with Crippen LogP contribution in [0, 0.1) is 0 Å². The first-order valence-corrected chi connectivity index (χ1v) is 6.44. The molecule has 0 aliphatic rings. The van der Waals surface area contributed by atoms with Crippen LogP contribution in [0.25, 0.3) is 0 Å². The van der Waals surface area contributed by atoms with Gasteiger partial charge in [-0.05, 0) is 18.2 Å². The highest BCUT2D eigenvalue weighted by Crippen LogP contribution is 2.23. The van der Waals surface area contributed by atoms with Crippen LogP contribution in [0.4, 0.5) is 0 Å². The number of Topliss-reactive ketones (excluding diaryl/α,β-unsaturated/α-hetero) is 1. The highest BCUT2D eigenvalue weighted by atomic mass is 35.5. The zero-order chi connectivity index (χ0) is 15.3. The summed E-state index contributed by atoms with van der Waals surface area (Å²) in [5.41, 5.74) is 0.304. The Hall–Kier alpha value is -1.59. The van der Waals surface area contributed by atoms with Crippen LogP contribution in [-0.4, -0.2) is 30.8 Å². The molecule has 0 saturated heterocycles. The first-order chi connectivity index (χ1) is 9.35. The second-order valence-corrected chi connectivity index (χ2v) is 4.85. The Morgan fingerprint density at radius 1 is 1.25 bits per heavy atom. The molecule has 0 aliphatic heterocycles. The van der Waals surface area contributed by atoms with E-state index in [-0.39, 0.29) is 17.2 Å². The third-order valence-corrected chi connectivity index (χ3v) is 3.23. The van der Waals surface area contributed by atoms with Crippen LogP contribution in [0.3, 0.4) is 0 Å². The van der Waals surface area contributed by atoms with Crippen molar-refractivity contribution in [3.05, 3.63) is 33.8 Å². The lowest BCUT2D eigenvalue weighted by molar-refractivity contribution is -0.144. The number of hydrogen-bond acceptors (Lipinski definition) is 4. The van der Waals surface area contributed by atoms with E-state index in [1.165, 1.54) is 32.2 Å². The zero-order valence-corrected chi connectivity index (χ0v) is 12.4. The molecule has 0 aliphatic carbocycles. The van der Waals surface area contributed by atoms with Crippen LogP contribution in [0.5, 0.6) is 0 Å². The standard InChI is InChI=1S/C13H13Cl2NO4/c1-7(17)16-11(13(19)20-2)6-12(18)8-3-4-9(14)10(15)5-8/h3-5,11H,6H2,1-2H3,(H,16,17)/t11-/m0/s1. The molecule has 20 heavy (non-hydrogen) atoms. The maximum atomic E-state index is 12.1. The van der Waals surface area contributed by atoms with Crippen LogP contribution >= 0.6 is 23.2 Å². The lowest BCUT2D eigenvalue weighted by atomic mass is 10.0. The summed E-state index contributed by atoms with van der Waals surface area (Å²) in [7, 11) is 1.18. The van der Waals surface area contributed by atoms with E-state index in [0.29, 0.717) is 10.6 Å². The number of hydrogen-bond donors (Lipinski definition) is 1. The fourth-order valence-corrected chi connectivity index (χ4v) is 1.85. The van der Waals surface area contributed by atoms with Gasteiger partial charge < -0.3 is 10.1 Å². The molecule has 0 aromatic heterocycles. The molecule has 1 rings (SSSR count). The molecule has 1 N–H and O–H groups in total. The van der Waals surface area contributed by atoms with E-state index >= 15 is 0 Å². The number of amides is 1. The van der Waals surface area contributed by atoms with Gasteiger partial charge in [0.2, 0.25) is 5.91 Å². The normalized spacial score (nSPS) is 11.6. The molecule has 1 amide bonds. The molecule has 108 valence electrons. The molecule has 0 unspecified atom stereocenters. The summed E-state index contributed by atoms with van der Waals surface area (Å²) >= 11 is 11.6. The number of esters is 1. The Balaban J connectivity index is 2.86. The molecule has 0 heterocycles. The summed E-state index contributed by atoms with van der Waals surface area (Å²) in [5, 5.41) is 2.93. The lowest BCUT2D eigenvalue weighted by Gasteiger charge is -2.14. The molecule has 1 aromatic carbocycles. The number of ketones is 1. The first kappa shape index (κ1) is 16.5. The third-order valence-electron chi connectivity index (χ3n) is 2.49. The Morgan fingerprint density at radius 2 is 1.90 bits per heavy atom. The second-order valence-electron chi connectivity index (χ2n) is 4.03. The van der Waals surface area contributed by atoms with Crippen LogP contribution in [0.2, 0.25) is 10.0 Å². The molecule has 0 fully saturated rings. The van der Waals surface area contributed by atoms with Crippen molar-refractivity contribution >= 4 is 40.9 Å². The van der Waals surface area contributed by atoms with Gasteiger partial charge >= 0.3 is 5.97 Å². The van der Waals surface area contributed by atoms with E-state index < -0.39 is 17.9 Å². The van der Waals surface area contributed by atoms with Gasteiger partial charge in [0.15, 0.2) is 5.78 Å². The first-order valence-electron chi connectivity index (χ1n) is 5.68. The van der Waals surface area contributed by atoms with Gasteiger partial charge in [-0.2, -0.15) is 0 Å². The Kier molecular flexibility index (Phi) is 5.98. The van der Waals surface area contributed by atoms with E-state index in [1.807, 2.05) is 0 Å². The van der Waals surface area contributed by atoms with Crippen molar-refractivity contribution in [3.8, 4) is 0 Å². The highest BCUT2D eigenvalue weighted by molar-refractivity contribution is 6.42. The monoisotopic (exact) mass is 317 g/mol. The molecular weight excluding hydrogens is 305 g/mol. The average molecular weight is 318 g/mol. The second kappa shape index (κ2) is 7.26. The van der Waals surface area contributed by atoms with Gasteiger partial charge in [0, 0.05) is 18.9 Å². The summed E-state index contributed by atoms with van der Waals surface area (Å²) in [6.07, 6.45) is -0.218. The topological polar surface area (TPSA) is 72.5 Å². The summed E-state index contributed by atoms with van der Waals surface area (Å²) < 4.78 is 4.54. The van der Waals surface area contributed by atoms with Gasteiger partial charge in [-0.15, -0.1) is 0 Å². The van der Waals surface area contributed by atoms with Crippen molar-refractivity contribution in [1.29, 1.82) is 0 Å². The van der Waals surface area contributed by atoms with E-state index in [9.17, 15) is 14.4 Å². The number of carbonyl (C=O) groups is 3. The smallest absolute Gasteiger partial charge is 0.328 e. The fourth-order valence-electron chi connectivity index (χ4n) is 1.55. The van der Waals surface area contributed by atoms with Crippen molar-refractivity contribution in [2.45, 2.75) is 19.4 Å². The number of carbonyl (C=O) groups excluding carboxylic acids is 3. The molecular formula is C13H13Cl2NO4. The number of benzene rings is 1. The number of rotatable bonds is 5. The SMILES string of the molecule is COC(=O)[C@H](CC(=O)c1ccc(Cl)c(Cl)c1)NC(C)=O. The van der Waals surface area contributed by atoms with E-state index in [0.717, 1.165) is 0 Å². The number of ether oxygens (including phenoxy) is 1. The van der Waals surface area contributed by atoms with Crippen molar-refractivity contribution in [1.82, 2.24) is 5.32 Å². The molecule has 0 spiro atoms. The van der Waals surface area contributed by atoms with Gasteiger partial charge in [-0.1, -0.05) is 23.2 Å². The van der Waals surface area contributed by atoms with Gasteiger partial charge in [0.1, 0.15) is 6.04 Å². The van der Waals surface area contributed by atoms with Crippen molar-refractivity contribution in [2.75, 3.05) is 7.11 Å². The summed E-state index contributed by atoms with van der Waals surface area (Å²) in [5.74, 6) is -1.47. The molecule has 0 bridgehead atoms. The van der Waals surface area contributed by atoms with Crippen LogP contribution < -0.4 is 5.32 Å². The number of methoxy groups -OCH3 is 1. The van der Waals surface area contributed by atoms with Gasteiger partial charge in [-0.25, -0.2) is 4.79 Å². The largest absolute Gasteiger partial charge is 0.467 e. The highest BCUT2D eigenvalue weighted by Gasteiger charge is 2.24. The van der Waals surface area contributed by atoms with Crippen LogP contribution in [0.15, 0.2) is 18.2 Å². The minimum absolute atomic E-state index is 0.218. The predicted molar refractivity (Wildman–Crippen MR) is 75.0 cm³/mol. The predicted octanol–water partition coefficient (Wildman–Crippen LogP) is 2.24. The average Bonchev–Trinajstić information content (AvgIpc) is 2.39. The van der Waals surface area contributed by atoms with E-state index in [2.05, 4.69) is 10.1 Å². The fraction of sp³-hybridized carbons (Fsp3) is 0.308. The Morgan fingerprint density at radius 3 is 2.40 bits per heavy atom. The van der Waals surface area contributed by atoms with Crippen molar-refractivity contribution in [2.24, 2.45) is 0 Å². The van der Waals surface area contributed by atoms with Crippen LogP contribution in [-0.2, 0) is 14.3 Å². The molecule has 1 aromatic rings. The van der Waals surface area contributed by atoms with E-state index in [1.54, 1.807) is 0 Å². The molecule has 5 nitrogen and oxygen atoms in total. The van der Waals surface area contributed by atoms with Crippen molar-refractivity contribution in [3.63, 3.8) is 0 Å². The van der Waals surface area contributed by atoms with Gasteiger partial charge in [-0.3, -0.25) is 9.59 Å². The third kappa shape index (κ3) is 4.51. The van der Waals surface area contributed by atoms with E-state index in [4.69, 9.17) is 23.2 Å². The summed E-state index contributed by atoms with van der Waals surface area (Å²) in [6, 6.07) is 3.37.